The van der Waals surface area contributed by atoms with Gasteiger partial charge in [0, 0.05) is 43.5 Å². The fourth-order valence-electron chi connectivity index (χ4n) is 5.84. The molecule has 3 aliphatic rings. The van der Waals surface area contributed by atoms with Gasteiger partial charge in [0.1, 0.15) is 30.0 Å². The summed E-state index contributed by atoms with van der Waals surface area (Å²) in [6.07, 6.45) is 4.43. The minimum atomic E-state index is -0.799. The van der Waals surface area contributed by atoms with Gasteiger partial charge in [-0.15, -0.1) is 0 Å². The standard InChI is InChI=1S/C29H28F2N4O4/c30-20-10-9-19(23(31)12-20)13-32-28(37)22-15-33-16-24-34-11-5-4-8-21(34)14-35(24)29(38)25(33)27(26(22)36)39-17-18-6-2-1-3-7-18/h1-3,6-7,9-10,12,15,21,24H,4-5,8,11,13-14,16-17H2,(H,32,37). The summed E-state index contributed by atoms with van der Waals surface area (Å²) in [7, 11) is 0. The largest absolute Gasteiger partial charge is 0.483 e. The van der Waals surface area contributed by atoms with E-state index in [9.17, 15) is 23.2 Å². The Balaban J connectivity index is 1.35. The van der Waals surface area contributed by atoms with E-state index in [0.29, 0.717) is 13.1 Å². The molecule has 2 unspecified atom stereocenters. The number of nitrogens with zero attached hydrogens (tertiary/aromatic N) is 3. The summed E-state index contributed by atoms with van der Waals surface area (Å²) < 4.78 is 35.0. The summed E-state index contributed by atoms with van der Waals surface area (Å²) in [5, 5.41) is 2.55. The van der Waals surface area contributed by atoms with E-state index in [2.05, 4.69) is 10.2 Å². The first-order valence-corrected chi connectivity index (χ1v) is 13.1. The quantitative estimate of drug-likeness (QED) is 0.525. The van der Waals surface area contributed by atoms with Crippen molar-refractivity contribution in [2.24, 2.45) is 0 Å². The number of piperidine rings is 1. The topological polar surface area (TPSA) is 83.9 Å². The Hall–Kier alpha value is -4.05. The molecule has 2 fully saturated rings. The van der Waals surface area contributed by atoms with Gasteiger partial charge < -0.3 is 19.5 Å². The first kappa shape index (κ1) is 25.2. The van der Waals surface area contributed by atoms with Crippen LogP contribution in [0.5, 0.6) is 5.75 Å². The van der Waals surface area contributed by atoms with E-state index in [-0.39, 0.29) is 53.8 Å². The highest BCUT2D eigenvalue weighted by Gasteiger charge is 2.47. The Morgan fingerprint density at radius 2 is 1.87 bits per heavy atom. The lowest BCUT2D eigenvalue weighted by molar-refractivity contribution is 0.0448. The zero-order chi connectivity index (χ0) is 27.1. The van der Waals surface area contributed by atoms with Crippen molar-refractivity contribution in [2.45, 2.75) is 51.2 Å². The Labute approximate surface area is 223 Å². The number of hydrogen-bond acceptors (Lipinski definition) is 5. The predicted octanol–water partition coefficient (Wildman–Crippen LogP) is 3.29. The van der Waals surface area contributed by atoms with E-state index in [4.69, 9.17) is 4.74 Å². The zero-order valence-electron chi connectivity index (χ0n) is 21.2. The van der Waals surface area contributed by atoms with Crippen LogP contribution in [-0.4, -0.2) is 51.5 Å². The van der Waals surface area contributed by atoms with Crippen LogP contribution in [0.4, 0.5) is 8.78 Å². The van der Waals surface area contributed by atoms with Crippen molar-refractivity contribution in [3.8, 4) is 5.75 Å². The SMILES string of the molecule is O=C(NCc1ccc(F)cc1F)c1cn2c(c(OCc3ccccc3)c1=O)C(=O)N1CC3CCCCN3C1C2. The molecule has 10 heteroatoms. The maximum atomic E-state index is 14.1. The highest BCUT2D eigenvalue weighted by molar-refractivity contribution is 5.99. The molecule has 39 heavy (non-hydrogen) atoms. The normalized spacial score (nSPS) is 20.3. The van der Waals surface area contributed by atoms with Crippen molar-refractivity contribution in [1.82, 2.24) is 19.7 Å². The van der Waals surface area contributed by atoms with Crippen molar-refractivity contribution in [1.29, 1.82) is 0 Å². The number of amides is 2. The van der Waals surface area contributed by atoms with Gasteiger partial charge in [-0.1, -0.05) is 42.8 Å². The van der Waals surface area contributed by atoms with Gasteiger partial charge in [-0.2, -0.15) is 0 Å². The van der Waals surface area contributed by atoms with Gasteiger partial charge in [0.25, 0.3) is 11.8 Å². The van der Waals surface area contributed by atoms with Crippen LogP contribution < -0.4 is 15.5 Å². The van der Waals surface area contributed by atoms with Gasteiger partial charge >= 0.3 is 0 Å². The van der Waals surface area contributed by atoms with Gasteiger partial charge in [0.2, 0.25) is 5.43 Å². The molecule has 6 rings (SSSR count). The summed E-state index contributed by atoms with van der Waals surface area (Å²) in [6.45, 7) is 1.69. The summed E-state index contributed by atoms with van der Waals surface area (Å²) in [6, 6.07) is 12.6. The second-order valence-electron chi connectivity index (χ2n) is 10.2. The van der Waals surface area contributed by atoms with Crippen molar-refractivity contribution in [3.63, 3.8) is 0 Å². The molecular formula is C29H28F2N4O4. The highest BCUT2D eigenvalue weighted by Crippen LogP contribution is 2.35. The number of aromatic nitrogens is 1. The minimum Gasteiger partial charge on any atom is -0.483 e. The Morgan fingerprint density at radius 3 is 2.67 bits per heavy atom. The Morgan fingerprint density at radius 1 is 1.05 bits per heavy atom. The van der Waals surface area contributed by atoms with Gasteiger partial charge in [0.05, 0.1) is 6.54 Å². The lowest BCUT2D eigenvalue weighted by atomic mass is 10.0. The van der Waals surface area contributed by atoms with E-state index in [1.807, 2.05) is 35.2 Å². The van der Waals surface area contributed by atoms with Crippen molar-refractivity contribution in [2.75, 3.05) is 13.1 Å². The van der Waals surface area contributed by atoms with E-state index in [1.165, 1.54) is 12.3 Å². The first-order valence-electron chi connectivity index (χ1n) is 13.1. The lowest BCUT2D eigenvalue weighted by Crippen LogP contribution is -2.51. The number of fused-ring (bicyclic) bond motifs is 4. The molecule has 3 aromatic rings. The number of nitrogens with one attached hydrogen (secondary N) is 1. The first-order chi connectivity index (χ1) is 18.9. The third-order valence-corrected chi connectivity index (χ3v) is 7.81. The smallest absolute Gasteiger partial charge is 0.275 e. The number of hydrogen-bond donors (Lipinski definition) is 1. The Bertz CT molecular complexity index is 1490. The molecule has 0 radical (unpaired) electrons. The molecular weight excluding hydrogens is 506 g/mol. The molecule has 202 valence electrons. The third-order valence-electron chi connectivity index (χ3n) is 7.81. The second-order valence-corrected chi connectivity index (χ2v) is 10.2. The number of pyridine rings is 1. The van der Waals surface area contributed by atoms with Gasteiger partial charge in [-0.3, -0.25) is 19.3 Å². The molecule has 0 aliphatic carbocycles. The zero-order valence-corrected chi connectivity index (χ0v) is 21.2. The van der Waals surface area contributed by atoms with Crippen molar-refractivity contribution >= 4 is 11.8 Å². The number of ether oxygens (including phenoxy) is 1. The number of carbonyl (C=O) groups is 2. The molecule has 2 aromatic carbocycles. The molecule has 3 aliphatic heterocycles. The van der Waals surface area contributed by atoms with E-state index >= 15 is 0 Å². The Kier molecular flexibility index (Phi) is 6.64. The van der Waals surface area contributed by atoms with Gasteiger partial charge in [0.15, 0.2) is 11.4 Å². The molecule has 2 atom stereocenters. The molecule has 1 N–H and O–H groups in total. The average Bonchev–Trinajstić information content (AvgIpc) is 3.31. The molecule has 2 amide bonds. The van der Waals surface area contributed by atoms with Crippen LogP contribution in [0.1, 0.15) is 51.2 Å². The van der Waals surface area contributed by atoms with E-state index in [0.717, 1.165) is 43.5 Å². The molecule has 2 saturated heterocycles. The number of carbonyl (C=O) groups excluding carboxylic acids is 2. The number of benzene rings is 2. The number of rotatable bonds is 6. The van der Waals surface area contributed by atoms with E-state index in [1.54, 1.807) is 4.57 Å². The maximum absolute atomic E-state index is 14.1. The van der Waals surface area contributed by atoms with Crippen LogP contribution in [-0.2, 0) is 19.7 Å². The van der Waals surface area contributed by atoms with Crippen LogP contribution in [0, 0.1) is 11.6 Å². The van der Waals surface area contributed by atoms with Gasteiger partial charge in [-0.25, -0.2) is 8.78 Å². The summed E-state index contributed by atoms with van der Waals surface area (Å²) >= 11 is 0. The summed E-state index contributed by atoms with van der Waals surface area (Å²) in [5.74, 6) is -2.72. The monoisotopic (exact) mass is 534 g/mol. The van der Waals surface area contributed by atoms with Crippen LogP contribution in [0.2, 0.25) is 0 Å². The lowest BCUT2D eigenvalue weighted by Gasteiger charge is -2.38. The maximum Gasteiger partial charge on any atom is 0.275 e. The number of halogens is 2. The van der Waals surface area contributed by atoms with Crippen LogP contribution in [0.15, 0.2) is 59.5 Å². The predicted molar refractivity (Wildman–Crippen MR) is 138 cm³/mol. The third kappa shape index (κ3) is 4.69. The van der Waals surface area contributed by atoms with E-state index < -0.39 is 23.0 Å². The highest BCUT2D eigenvalue weighted by atomic mass is 19.1. The average molecular weight is 535 g/mol. The fourth-order valence-corrected chi connectivity index (χ4v) is 5.84. The summed E-state index contributed by atoms with van der Waals surface area (Å²) in [4.78, 5) is 44.7. The van der Waals surface area contributed by atoms with Crippen LogP contribution in [0.25, 0.3) is 0 Å². The molecule has 1 aromatic heterocycles. The molecule has 0 spiro atoms. The molecule has 8 nitrogen and oxygen atoms in total. The van der Waals surface area contributed by atoms with Gasteiger partial charge in [-0.05, 0) is 24.5 Å². The molecule has 4 heterocycles. The van der Waals surface area contributed by atoms with Crippen LogP contribution in [0.3, 0.4) is 0 Å². The second kappa shape index (κ2) is 10.3. The minimum absolute atomic E-state index is 0.0421. The molecule has 0 bridgehead atoms. The summed E-state index contributed by atoms with van der Waals surface area (Å²) in [5.41, 5.74) is 0.0953. The fraction of sp³-hybridized carbons (Fsp3) is 0.345. The van der Waals surface area contributed by atoms with Crippen LogP contribution >= 0.6 is 0 Å². The van der Waals surface area contributed by atoms with Crippen molar-refractivity contribution < 1.29 is 23.1 Å². The van der Waals surface area contributed by atoms with Crippen molar-refractivity contribution in [3.05, 3.63) is 99.0 Å². The molecule has 0 saturated carbocycles.